The van der Waals surface area contributed by atoms with Gasteiger partial charge in [0, 0.05) is 25.5 Å². The summed E-state index contributed by atoms with van der Waals surface area (Å²) in [5, 5.41) is 0.816. The van der Waals surface area contributed by atoms with Crippen molar-refractivity contribution in [3.05, 3.63) is 65.5 Å². The third-order valence-electron chi connectivity index (χ3n) is 5.10. The molecule has 2 aromatic carbocycles. The van der Waals surface area contributed by atoms with Gasteiger partial charge < -0.3 is 14.4 Å². The summed E-state index contributed by atoms with van der Waals surface area (Å²) in [6, 6.07) is 12.2. The zero-order chi connectivity index (χ0) is 21.1. The Morgan fingerprint density at radius 3 is 2.83 bits per heavy atom. The number of amides is 1. The van der Waals surface area contributed by atoms with Gasteiger partial charge in [0.05, 0.1) is 11.4 Å². The van der Waals surface area contributed by atoms with Crippen LogP contribution in [0.1, 0.15) is 23.6 Å². The van der Waals surface area contributed by atoms with Gasteiger partial charge in [0.2, 0.25) is 12.7 Å². The van der Waals surface area contributed by atoms with Crippen LogP contribution < -0.4 is 9.47 Å². The third kappa shape index (κ3) is 4.31. The second kappa shape index (κ2) is 8.83. The van der Waals surface area contributed by atoms with Crippen LogP contribution in [0.25, 0.3) is 5.69 Å². The molecule has 0 atom stereocenters. The molecule has 0 spiro atoms. The molecule has 0 saturated heterocycles. The Morgan fingerprint density at radius 2 is 2.00 bits per heavy atom. The first kappa shape index (κ1) is 20.3. The SMILES string of the molecule is CCN(Cc1ccc2c(c1)OCO2)C(=O)CSc1nccn1-c1cc(C)ccc1C. The quantitative estimate of drug-likeness (QED) is 0.529. The van der Waals surface area contributed by atoms with Gasteiger partial charge in [-0.3, -0.25) is 9.36 Å². The van der Waals surface area contributed by atoms with Gasteiger partial charge in [-0.05, 0) is 55.7 Å². The lowest BCUT2D eigenvalue weighted by Gasteiger charge is -2.21. The number of aromatic nitrogens is 2. The fraction of sp³-hybridized carbons (Fsp3) is 0.304. The van der Waals surface area contributed by atoms with Crippen LogP contribution in [0.4, 0.5) is 0 Å². The van der Waals surface area contributed by atoms with E-state index in [9.17, 15) is 4.79 Å². The predicted octanol–water partition coefficient (Wildman–Crippen LogP) is 4.36. The Morgan fingerprint density at radius 1 is 1.17 bits per heavy atom. The number of hydrogen-bond donors (Lipinski definition) is 0. The minimum Gasteiger partial charge on any atom is -0.454 e. The molecule has 1 aliphatic rings. The van der Waals surface area contributed by atoms with Gasteiger partial charge >= 0.3 is 0 Å². The van der Waals surface area contributed by atoms with Crippen molar-refractivity contribution in [2.45, 2.75) is 32.5 Å². The largest absolute Gasteiger partial charge is 0.454 e. The fourth-order valence-corrected chi connectivity index (χ4v) is 4.28. The van der Waals surface area contributed by atoms with E-state index < -0.39 is 0 Å². The molecule has 0 bridgehead atoms. The fourth-order valence-electron chi connectivity index (χ4n) is 3.41. The second-order valence-corrected chi connectivity index (χ2v) is 8.20. The van der Waals surface area contributed by atoms with E-state index >= 15 is 0 Å². The van der Waals surface area contributed by atoms with Crippen LogP contribution in [0.3, 0.4) is 0 Å². The minimum atomic E-state index is 0.0793. The highest BCUT2D eigenvalue weighted by Gasteiger charge is 2.18. The van der Waals surface area contributed by atoms with Crippen molar-refractivity contribution in [2.75, 3.05) is 19.1 Å². The number of hydrogen-bond acceptors (Lipinski definition) is 5. The molecule has 6 nitrogen and oxygen atoms in total. The smallest absolute Gasteiger partial charge is 0.233 e. The van der Waals surface area contributed by atoms with E-state index in [1.165, 1.54) is 22.9 Å². The van der Waals surface area contributed by atoms with E-state index in [4.69, 9.17) is 9.47 Å². The average Bonchev–Trinajstić information content (AvgIpc) is 3.40. The Bertz CT molecular complexity index is 1060. The number of carbonyl (C=O) groups excluding carboxylic acids is 1. The number of benzene rings is 2. The zero-order valence-electron chi connectivity index (χ0n) is 17.4. The minimum absolute atomic E-state index is 0.0793. The number of rotatable bonds is 7. The summed E-state index contributed by atoms with van der Waals surface area (Å²) in [7, 11) is 0. The third-order valence-corrected chi connectivity index (χ3v) is 6.05. The summed E-state index contributed by atoms with van der Waals surface area (Å²) in [5.41, 5.74) is 4.48. The number of aryl methyl sites for hydroxylation is 2. The van der Waals surface area contributed by atoms with E-state index in [0.29, 0.717) is 18.8 Å². The van der Waals surface area contributed by atoms with Crippen molar-refractivity contribution in [2.24, 2.45) is 0 Å². The summed E-state index contributed by atoms with van der Waals surface area (Å²) < 4.78 is 12.9. The van der Waals surface area contributed by atoms with Crippen LogP contribution in [0.2, 0.25) is 0 Å². The van der Waals surface area contributed by atoms with Crippen molar-refractivity contribution < 1.29 is 14.3 Å². The molecule has 0 fully saturated rings. The van der Waals surface area contributed by atoms with Crippen molar-refractivity contribution >= 4 is 17.7 Å². The number of ether oxygens (including phenoxy) is 2. The maximum atomic E-state index is 12.9. The molecule has 3 aromatic rings. The number of thioether (sulfide) groups is 1. The molecule has 1 aliphatic heterocycles. The monoisotopic (exact) mass is 423 g/mol. The molecule has 2 heterocycles. The van der Waals surface area contributed by atoms with Crippen LogP contribution in [0.15, 0.2) is 53.9 Å². The van der Waals surface area contributed by atoms with Crippen LogP contribution in [0, 0.1) is 13.8 Å². The normalized spacial score (nSPS) is 12.2. The molecule has 0 saturated carbocycles. The molecule has 1 amide bonds. The van der Waals surface area contributed by atoms with Gasteiger partial charge in [-0.2, -0.15) is 0 Å². The van der Waals surface area contributed by atoms with Crippen molar-refractivity contribution in [3.63, 3.8) is 0 Å². The number of carbonyl (C=O) groups is 1. The van der Waals surface area contributed by atoms with Crippen molar-refractivity contribution in [3.8, 4) is 17.2 Å². The molecule has 7 heteroatoms. The van der Waals surface area contributed by atoms with E-state index in [-0.39, 0.29) is 12.7 Å². The predicted molar refractivity (Wildman–Crippen MR) is 117 cm³/mol. The first-order chi connectivity index (χ1) is 14.5. The van der Waals surface area contributed by atoms with Gasteiger partial charge in [-0.25, -0.2) is 4.98 Å². The van der Waals surface area contributed by atoms with Gasteiger partial charge in [-0.1, -0.05) is 30.0 Å². The Hall–Kier alpha value is -2.93. The molecule has 0 N–H and O–H groups in total. The van der Waals surface area contributed by atoms with E-state index in [0.717, 1.165) is 27.9 Å². The molecule has 0 radical (unpaired) electrons. The first-order valence-electron chi connectivity index (χ1n) is 9.95. The summed E-state index contributed by atoms with van der Waals surface area (Å²) >= 11 is 1.46. The van der Waals surface area contributed by atoms with E-state index in [1.54, 1.807) is 6.20 Å². The Balaban J connectivity index is 1.43. The molecular formula is C23H25N3O3S. The van der Waals surface area contributed by atoms with Crippen molar-refractivity contribution in [1.29, 1.82) is 0 Å². The van der Waals surface area contributed by atoms with Crippen LogP contribution in [-0.2, 0) is 11.3 Å². The van der Waals surface area contributed by atoms with E-state index in [1.807, 2.05) is 36.2 Å². The first-order valence-corrected chi connectivity index (χ1v) is 10.9. The molecule has 0 unspecified atom stereocenters. The molecule has 156 valence electrons. The Kier molecular flexibility index (Phi) is 5.99. The second-order valence-electron chi connectivity index (χ2n) is 7.25. The highest BCUT2D eigenvalue weighted by Crippen LogP contribution is 2.33. The lowest BCUT2D eigenvalue weighted by atomic mass is 10.1. The number of nitrogens with zero attached hydrogens (tertiary/aromatic N) is 3. The zero-order valence-corrected chi connectivity index (χ0v) is 18.2. The van der Waals surface area contributed by atoms with Gasteiger partial charge in [0.15, 0.2) is 16.7 Å². The van der Waals surface area contributed by atoms with E-state index in [2.05, 4.69) is 41.6 Å². The van der Waals surface area contributed by atoms with Gasteiger partial charge in [0.1, 0.15) is 0 Å². The maximum Gasteiger partial charge on any atom is 0.233 e. The number of fused-ring (bicyclic) bond motifs is 1. The number of imidazole rings is 1. The van der Waals surface area contributed by atoms with Gasteiger partial charge in [-0.15, -0.1) is 0 Å². The Labute approximate surface area is 180 Å². The molecule has 4 rings (SSSR count). The highest BCUT2D eigenvalue weighted by molar-refractivity contribution is 7.99. The molecule has 0 aliphatic carbocycles. The topological polar surface area (TPSA) is 56.6 Å². The van der Waals surface area contributed by atoms with Gasteiger partial charge in [0.25, 0.3) is 0 Å². The highest BCUT2D eigenvalue weighted by atomic mass is 32.2. The lowest BCUT2D eigenvalue weighted by Crippen LogP contribution is -2.31. The maximum absolute atomic E-state index is 12.9. The van der Waals surface area contributed by atoms with Crippen molar-refractivity contribution in [1.82, 2.24) is 14.5 Å². The summed E-state index contributed by atoms with van der Waals surface area (Å²) in [5.74, 6) is 1.90. The molecule has 1 aromatic heterocycles. The van der Waals surface area contributed by atoms with Crippen LogP contribution in [-0.4, -0.2) is 39.4 Å². The summed E-state index contributed by atoms with van der Waals surface area (Å²) in [4.78, 5) is 19.2. The van der Waals surface area contributed by atoms with Crippen LogP contribution in [0.5, 0.6) is 11.5 Å². The average molecular weight is 424 g/mol. The molecule has 30 heavy (non-hydrogen) atoms. The lowest BCUT2D eigenvalue weighted by molar-refractivity contribution is -0.128. The molecular weight excluding hydrogens is 398 g/mol. The van der Waals surface area contributed by atoms with Crippen LogP contribution >= 0.6 is 11.8 Å². The summed E-state index contributed by atoms with van der Waals surface area (Å²) in [6.07, 6.45) is 3.72. The summed E-state index contributed by atoms with van der Waals surface area (Å²) in [6.45, 7) is 7.58. The standard InChI is InChI=1S/C23H25N3O3S/c1-4-25(13-18-7-8-20-21(12-18)29-15-28-20)22(27)14-30-23-24-9-10-26(23)19-11-16(2)5-6-17(19)3/h5-12H,4,13-15H2,1-3H3.